The van der Waals surface area contributed by atoms with Gasteiger partial charge in [-0.25, -0.2) is 0 Å². The molecule has 0 unspecified atom stereocenters. The first kappa shape index (κ1) is 18.5. The smallest absolute Gasteiger partial charge is 0.204 e. The fraction of sp³-hybridized carbons (Fsp3) is 0.0952. The fourth-order valence-electron chi connectivity index (χ4n) is 3.08. The van der Waals surface area contributed by atoms with Crippen LogP contribution in [0.25, 0.3) is 22.5 Å². The van der Waals surface area contributed by atoms with Crippen LogP contribution in [0.5, 0.6) is 0 Å². The van der Waals surface area contributed by atoms with E-state index in [1.54, 1.807) is 50.2 Å². The van der Waals surface area contributed by atoms with Crippen LogP contribution in [-0.4, -0.2) is 16.1 Å². The highest BCUT2D eigenvalue weighted by atomic mass is 35.5. The Bertz CT molecular complexity index is 1100. The van der Waals surface area contributed by atoms with Crippen molar-refractivity contribution >= 4 is 29.0 Å². The summed E-state index contributed by atoms with van der Waals surface area (Å²) in [6.07, 6.45) is 0. The van der Waals surface area contributed by atoms with Gasteiger partial charge in [-0.15, -0.1) is 0 Å². The molecule has 0 aliphatic heterocycles. The second-order valence-electron chi connectivity index (χ2n) is 6.21. The van der Waals surface area contributed by atoms with Crippen molar-refractivity contribution < 1.29 is 13.8 Å². The molecule has 2 heterocycles. The van der Waals surface area contributed by atoms with Crippen LogP contribution in [0.4, 0.5) is 0 Å². The van der Waals surface area contributed by atoms with Crippen molar-refractivity contribution in [3.63, 3.8) is 0 Å². The molecule has 140 valence electrons. The molecule has 5 nitrogen and oxygen atoms in total. The highest BCUT2D eigenvalue weighted by Gasteiger charge is 2.30. The van der Waals surface area contributed by atoms with Crippen molar-refractivity contribution in [3.05, 3.63) is 81.2 Å². The summed E-state index contributed by atoms with van der Waals surface area (Å²) in [4.78, 5) is 13.5. The Labute approximate surface area is 170 Å². The minimum absolute atomic E-state index is 0.313. The maximum Gasteiger partial charge on any atom is 0.204 e. The van der Waals surface area contributed by atoms with Crippen LogP contribution in [0.3, 0.4) is 0 Å². The standard InChI is InChI=1S/C21H14Cl2N2O3/c1-11-17(19(24-27-11)13-7-3-5-9-15(13)22)21(26)18-12(2)28-25-20(18)14-8-4-6-10-16(14)23/h3-10H,1-2H3. The van der Waals surface area contributed by atoms with Gasteiger partial charge in [-0.1, -0.05) is 69.9 Å². The number of nitrogens with zero attached hydrogens (tertiary/aromatic N) is 2. The number of hydrogen-bond donors (Lipinski definition) is 0. The molecule has 0 aliphatic carbocycles. The Balaban J connectivity index is 1.90. The molecule has 0 saturated carbocycles. The molecule has 0 atom stereocenters. The van der Waals surface area contributed by atoms with Crippen molar-refractivity contribution in [2.24, 2.45) is 0 Å². The molecule has 2 aromatic carbocycles. The Hall–Kier alpha value is -2.89. The lowest BCUT2D eigenvalue weighted by Crippen LogP contribution is -2.06. The lowest BCUT2D eigenvalue weighted by Gasteiger charge is -2.06. The van der Waals surface area contributed by atoms with Crippen molar-refractivity contribution in [3.8, 4) is 22.5 Å². The van der Waals surface area contributed by atoms with Crippen molar-refractivity contribution in [1.82, 2.24) is 10.3 Å². The summed E-state index contributed by atoms with van der Waals surface area (Å²) in [6.45, 7) is 3.36. The van der Waals surface area contributed by atoms with Crippen LogP contribution in [0.15, 0.2) is 57.6 Å². The largest absolute Gasteiger partial charge is 0.360 e. The number of halogens is 2. The summed E-state index contributed by atoms with van der Waals surface area (Å²) in [5.41, 5.74) is 2.59. The zero-order valence-corrected chi connectivity index (χ0v) is 16.5. The minimum atomic E-state index is -0.317. The third kappa shape index (κ3) is 3.03. The van der Waals surface area contributed by atoms with E-state index in [9.17, 15) is 4.79 Å². The maximum absolute atomic E-state index is 13.5. The first-order chi connectivity index (χ1) is 13.5. The van der Waals surface area contributed by atoms with Gasteiger partial charge in [0.1, 0.15) is 22.9 Å². The van der Waals surface area contributed by atoms with Gasteiger partial charge in [-0.05, 0) is 26.0 Å². The number of carbonyl (C=O) groups is 1. The second kappa shape index (κ2) is 7.26. The summed E-state index contributed by atoms with van der Waals surface area (Å²) in [6, 6.07) is 14.3. The lowest BCUT2D eigenvalue weighted by molar-refractivity contribution is 0.103. The molecule has 7 heteroatoms. The number of aryl methyl sites for hydroxylation is 2. The number of aromatic nitrogens is 2. The van der Waals surface area contributed by atoms with Gasteiger partial charge in [-0.3, -0.25) is 4.79 Å². The van der Waals surface area contributed by atoms with Crippen LogP contribution in [-0.2, 0) is 0 Å². The molecule has 4 aromatic rings. The van der Waals surface area contributed by atoms with E-state index < -0.39 is 0 Å². The van der Waals surface area contributed by atoms with Crippen molar-refractivity contribution in [1.29, 1.82) is 0 Å². The monoisotopic (exact) mass is 412 g/mol. The number of rotatable bonds is 4. The first-order valence-electron chi connectivity index (χ1n) is 8.46. The summed E-state index contributed by atoms with van der Waals surface area (Å²) in [5.74, 6) is 0.443. The molecular formula is C21H14Cl2N2O3. The third-order valence-corrected chi connectivity index (χ3v) is 5.10. The molecule has 0 saturated heterocycles. The van der Waals surface area contributed by atoms with Crippen molar-refractivity contribution in [2.75, 3.05) is 0 Å². The number of ketones is 1. The van der Waals surface area contributed by atoms with Gasteiger partial charge < -0.3 is 9.05 Å². The zero-order chi connectivity index (χ0) is 19.8. The average molecular weight is 413 g/mol. The van der Waals surface area contributed by atoms with E-state index in [-0.39, 0.29) is 5.78 Å². The molecule has 0 radical (unpaired) electrons. The Morgan fingerprint density at radius 3 is 1.54 bits per heavy atom. The number of hydrogen-bond acceptors (Lipinski definition) is 5. The maximum atomic E-state index is 13.5. The minimum Gasteiger partial charge on any atom is -0.360 e. The summed E-state index contributed by atoms with van der Waals surface area (Å²) < 4.78 is 10.7. The highest BCUT2D eigenvalue weighted by Crippen LogP contribution is 2.36. The van der Waals surface area contributed by atoms with Crippen molar-refractivity contribution in [2.45, 2.75) is 13.8 Å². The van der Waals surface area contributed by atoms with Gasteiger partial charge in [-0.2, -0.15) is 0 Å². The second-order valence-corrected chi connectivity index (χ2v) is 7.03. The predicted octanol–water partition coefficient (Wildman–Crippen LogP) is 6.15. The van der Waals surface area contributed by atoms with Gasteiger partial charge in [0.05, 0.1) is 21.2 Å². The molecule has 0 amide bonds. The molecule has 2 aromatic heterocycles. The quantitative estimate of drug-likeness (QED) is 0.375. The van der Waals surface area contributed by atoms with Gasteiger partial charge in [0.25, 0.3) is 0 Å². The fourth-order valence-corrected chi connectivity index (χ4v) is 3.53. The van der Waals surface area contributed by atoms with Crippen LogP contribution in [0.2, 0.25) is 10.0 Å². The molecular weight excluding hydrogens is 399 g/mol. The zero-order valence-electron chi connectivity index (χ0n) is 15.0. The molecule has 0 spiro atoms. The molecule has 0 aliphatic rings. The van der Waals surface area contributed by atoms with E-state index in [1.165, 1.54) is 0 Å². The SMILES string of the molecule is Cc1onc(-c2ccccc2Cl)c1C(=O)c1c(-c2ccccc2Cl)noc1C. The van der Waals surface area contributed by atoms with Crippen LogP contribution >= 0.6 is 23.2 Å². The Morgan fingerprint density at radius 2 is 1.14 bits per heavy atom. The summed E-state index contributed by atoms with van der Waals surface area (Å²) in [7, 11) is 0. The van der Waals surface area contributed by atoms with E-state index in [4.69, 9.17) is 32.2 Å². The molecule has 0 bridgehead atoms. The number of benzene rings is 2. The third-order valence-electron chi connectivity index (χ3n) is 4.44. The van der Waals surface area contributed by atoms with Gasteiger partial charge >= 0.3 is 0 Å². The van der Waals surface area contributed by atoms with Gasteiger partial charge in [0, 0.05) is 11.1 Å². The lowest BCUT2D eigenvalue weighted by atomic mass is 9.95. The van der Waals surface area contributed by atoms with Crippen LogP contribution in [0.1, 0.15) is 27.4 Å². The van der Waals surface area contributed by atoms with E-state index in [1.807, 2.05) is 12.1 Å². The molecule has 0 fully saturated rings. The van der Waals surface area contributed by atoms with E-state index >= 15 is 0 Å². The van der Waals surface area contributed by atoms with E-state index in [2.05, 4.69) is 10.3 Å². The van der Waals surface area contributed by atoms with E-state index in [0.717, 1.165) is 0 Å². The number of carbonyl (C=O) groups excluding carboxylic acids is 1. The topological polar surface area (TPSA) is 69.1 Å². The van der Waals surface area contributed by atoms with E-state index in [0.29, 0.717) is 55.2 Å². The summed E-state index contributed by atoms with van der Waals surface area (Å²) >= 11 is 12.6. The summed E-state index contributed by atoms with van der Waals surface area (Å²) in [5, 5.41) is 9.08. The molecule has 4 rings (SSSR count). The highest BCUT2D eigenvalue weighted by molar-refractivity contribution is 6.34. The predicted molar refractivity (Wildman–Crippen MR) is 107 cm³/mol. The molecule has 28 heavy (non-hydrogen) atoms. The van der Waals surface area contributed by atoms with Gasteiger partial charge in [0.2, 0.25) is 5.78 Å². The average Bonchev–Trinajstić information content (AvgIpc) is 3.25. The van der Waals surface area contributed by atoms with Gasteiger partial charge in [0.15, 0.2) is 0 Å². The Morgan fingerprint density at radius 1 is 0.750 bits per heavy atom. The molecule has 0 N–H and O–H groups in total. The van der Waals surface area contributed by atoms with Crippen LogP contribution in [0, 0.1) is 13.8 Å². The normalized spacial score (nSPS) is 11.0. The van der Waals surface area contributed by atoms with Crippen LogP contribution < -0.4 is 0 Å². The Kier molecular flexibility index (Phi) is 4.79. The first-order valence-corrected chi connectivity index (χ1v) is 9.21.